The number of halogens is 3. The Morgan fingerprint density at radius 1 is 1.27 bits per heavy atom. The molecule has 0 unspecified atom stereocenters. The van der Waals surface area contributed by atoms with E-state index in [9.17, 15) is 0 Å². The molecule has 78 valence electrons. The molecule has 0 aliphatic rings. The van der Waals surface area contributed by atoms with Crippen LogP contribution in [0.15, 0.2) is 28.9 Å². The van der Waals surface area contributed by atoms with Gasteiger partial charge in [-0.25, -0.2) is 0 Å². The fraction of sp³-hybridized carbons (Fsp3) is 0.111. The lowest BCUT2D eigenvalue weighted by molar-refractivity contribution is 0.589. The van der Waals surface area contributed by atoms with Gasteiger partial charge in [0.05, 0.1) is 6.54 Å². The van der Waals surface area contributed by atoms with Gasteiger partial charge in [0, 0.05) is 5.02 Å². The van der Waals surface area contributed by atoms with Gasteiger partial charge in [-0.15, -0.1) is 10.2 Å². The molecule has 0 aliphatic carbocycles. The van der Waals surface area contributed by atoms with Gasteiger partial charge >= 0.3 is 0 Å². The third-order valence-electron chi connectivity index (χ3n) is 1.79. The Morgan fingerprint density at radius 2 is 2.07 bits per heavy atom. The maximum absolute atomic E-state index is 5.86. The summed E-state index contributed by atoms with van der Waals surface area (Å²) in [5.41, 5.74) is 1.03. The molecular weight excluding hydrogens is 301 g/mol. The third-order valence-corrected chi connectivity index (χ3v) is 3.04. The Bertz CT molecular complexity index is 464. The van der Waals surface area contributed by atoms with E-state index in [1.165, 1.54) is 4.80 Å². The van der Waals surface area contributed by atoms with Crippen LogP contribution in [0.25, 0.3) is 0 Å². The normalized spacial score (nSPS) is 10.6. The molecule has 3 nitrogen and oxygen atoms in total. The fourth-order valence-electron chi connectivity index (χ4n) is 1.18. The van der Waals surface area contributed by atoms with Gasteiger partial charge < -0.3 is 0 Å². The molecule has 0 bridgehead atoms. The van der Waals surface area contributed by atoms with Crippen molar-refractivity contribution < 1.29 is 0 Å². The molecule has 2 rings (SSSR count). The van der Waals surface area contributed by atoms with E-state index in [0.29, 0.717) is 21.3 Å². The second-order valence-electron chi connectivity index (χ2n) is 2.94. The van der Waals surface area contributed by atoms with Crippen molar-refractivity contribution in [2.75, 3.05) is 0 Å². The summed E-state index contributed by atoms with van der Waals surface area (Å²) in [5, 5.41) is 9.16. The largest absolute Gasteiger partial charge is 0.185 e. The highest BCUT2D eigenvalue weighted by Gasteiger charge is 2.05. The van der Waals surface area contributed by atoms with Crippen LogP contribution in [-0.2, 0) is 6.54 Å². The van der Waals surface area contributed by atoms with Crippen LogP contribution in [0.4, 0.5) is 0 Å². The molecule has 0 amide bonds. The molecule has 0 saturated carbocycles. The lowest BCUT2D eigenvalue weighted by Crippen LogP contribution is -2.03. The first kappa shape index (κ1) is 10.9. The minimum absolute atomic E-state index is 0.358. The van der Waals surface area contributed by atoms with Crippen LogP contribution in [-0.4, -0.2) is 15.0 Å². The zero-order valence-electron chi connectivity index (χ0n) is 7.49. The van der Waals surface area contributed by atoms with Crippen LogP contribution in [0.5, 0.6) is 0 Å². The highest BCUT2D eigenvalue weighted by atomic mass is 79.9. The van der Waals surface area contributed by atoms with E-state index in [2.05, 4.69) is 26.1 Å². The van der Waals surface area contributed by atoms with Gasteiger partial charge in [-0.3, -0.25) is 0 Å². The van der Waals surface area contributed by atoms with Gasteiger partial charge in [0.25, 0.3) is 0 Å². The third kappa shape index (κ3) is 2.71. The van der Waals surface area contributed by atoms with E-state index in [-0.39, 0.29) is 0 Å². The first-order valence-electron chi connectivity index (χ1n) is 4.16. The van der Waals surface area contributed by atoms with E-state index >= 15 is 0 Å². The molecule has 0 radical (unpaired) electrons. The molecule has 0 spiro atoms. The summed E-state index contributed by atoms with van der Waals surface area (Å²) in [4.78, 5) is 1.51. The van der Waals surface area contributed by atoms with Gasteiger partial charge in [-0.1, -0.05) is 35.3 Å². The van der Waals surface area contributed by atoms with E-state index in [1.807, 2.05) is 24.3 Å². The summed E-state index contributed by atoms with van der Waals surface area (Å²) in [6.07, 6.45) is 0. The highest BCUT2D eigenvalue weighted by Crippen LogP contribution is 2.17. The summed E-state index contributed by atoms with van der Waals surface area (Å²) < 4.78 is 0.547. The van der Waals surface area contributed by atoms with E-state index < -0.39 is 0 Å². The van der Waals surface area contributed by atoms with E-state index in [1.54, 1.807) is 0 Å². The standard InChI is InChI=1S/C9H6BrCl2N3/c10-8-9(12)14-15(13-8)5-6-2-1-3-7(11)4-6/h1-4H,5H2. The quantitative estimate of drug-likeness (QED) is 0.851. The Balaban J connectivity index is 2.22. The summed E-state index contributed by atoms with van der Waals surface area (Å²) in [6.45, 7) is 0.548. The minimum atomic E-state index is 0.358. The first-order chi connectivity index (χ1) is 7.15. The maximum Gasteiger partial charge on any atom is 0.185 e. The van der Waals surface area contributed by atoms with E-state index in [0.717, 1.165) is 5.56 Å². The lowest BCUT2D eigenvalue weighted by Gasteiger charge is -2.00. The second-order valence-corrected chi connectivity index (χ2v) is 4.49. The Kier molecular flexibility index (Phi) is 3.29. The van der Waals surface area contributed by atoms with Crippen LogP contribution in [0.1, 0.15) is 5.56 Å². The van der Waals surface area contributed by atoms with Crippen LogP contribution in [0.3, 0.4) is 0 Å². The van der Waals surface area contributed by atoms with Crippen molar-refractivity contribution in [2.24, 2.45) is 0 Å². The van der Waals surface area contributed by atoms with Crippen molar-refractivity contribution in [3.8, 4) is 0 Å². The zero-order valence-corrected chi connectivity index (χ0v) is 10.6. The number of rotatable bonds is 2. The maximum atomic E-state index is 5.86. The average Bonchev–Trinajstić information content (AvgIpc) is 2.45. The lowest BCUT2D eigenvalue weighted by atomic mass is 10.2. The number of benzene rings is 1. The van der Waals surface area contributed by atoms with Crippen molar-refractivity contribution in [1.29, 1.82) is 0 Å². The minimum Gasteiger partial charge on any atom is -0.178 e. The molecule has 15 heavy (non-hydrogen) atoms. The monoisotopic (exact) mass is 305 g/mol. The number of hydrogen-bond donors (Lipinski definition) is 0. The van der Waals surface area contributed by atoms with Crippen LogP contribution in [0.2, 0.25) is 10.2 Å². The molecule has 0 saturated heterocycles. The number of hydrogen-bond acceptors (Lipinski definition) is 2. The SMILES string of the molecule is Clc1cccc(Cn2nc(Cl)c(Br)n2)c1. The molecule has 1 aromatic carbocycles. The average molecular weight is 307 g/mol. The molecule has 0 fully saturated rings. The van der Waals surface area contributed by atoms with Gasteiger partial charge in [0.2, 0.25) is 0 Å². The fourth-order valence-corrected chi connectivity index (χ4v) is 1.78. The van der Waals surface area contributed by atoms with Crippen LogP contribution < -0.4 is 0 Å². The summed E-state index contributed by atoms with van der Waals surface area (Å²) >= 11 is 14.8. The van der Waals surface area contributed by atoms with Gasteiger partial charge in [-0.2, -0.15) is 4.80 Å². The van der Waals surface area contributed by atoms with Crippen molar-refractivity contribution in [3.63, 3.8) is 0 Å². The smallest absolute Gasteiger partial charge is 0.178 e. The molecule has 0 aliphatic heterocycles. The topological polar surface area (TPSA) is 30.7 Å². The molecular formula is C9H6BrCl2N3. The molecule has 0 atom stereocenters. The van der Waals surface area contributed by atoms with E-state index in [4.69, 9.17) is 23.2 Å². The van der Waals surface area contributed by atoms with Crippen molar-refractivity contribution in [1.82, 2.24) is 15.0 Å². The molecule has 6 heteroatoms. The van der Waals surface area contributed by atoms with Crippen molar-refractivity contribution in [2.45, 2.75) is 6.54 Å². The Labute approximate surface area is 105 Å². The summed E-state index contributed by atoms with van der Waals surface area (Å²) in [6, 6.07) is 7.53. The predicted octanol–water partition coefficient (Wildman–Crippen LogP) is 3.40. The predicted molar refractivity (Wildman–Crippen MR) is 63.3 cm³/mol. The summed E-state index contributed by atoms with van der Waals surface area (Å²) in [7, 11) is 0. The van der Waals surface area contributed by atoms with Crippen LogP contribution >= 0.6 is 39.1 Å². The van der Waals surface area contributed by atoms with Crippen molar-refractivity contribution >= 4 is 39.1 Å². The Morgan fingerprint density at radius 3 is 2.67 bits per heavy atom. The van der Waals surface area contributed by atoms with Crippen LogP contribution in [0, 0.1) is 0 Å². The van der Waals surface area contributed by atoms with Gasteiger partial charge in [0.1, 0.15) is 0 Å². The van der Waals surface area contributed by atoms with Gasteiger partial charge in [0.15, 0.2) is 9.76 Å². The Hall–Kier alpha value is -0.580. The number of nitrogens with zero attached hydrogens (tertiary/aromatic N) is 3. The highest BCUT2D eigenvalue weighted by molar-refractivity contribution is 9.10. The summed E-state index contributed by atoms with van der Waals surface area (Å²) in [5.74, 6) is 0. The number of aromatic nitrogens is 3. The molecule has 0 N–H and O–H groups in total. The second kappa shape index (κ2) is 4.51. The molecule has 2 aromatic rings. The first-order valence-corrected chi connectivity index (χ1v) is 5.70. The van der Waals surface area contributed by atoms with Gasteiger partial charge in [-0.05, 0) is 33.6 Å². The zero-order chi connectivity index (χ0) is 10.8. The molecule has 1 heterocycles. The molecule has 1 aromatic heterocycles. The van der Waals surface area contributed by atoms with Crippen molar-refractivity contribution in [3.05, 3.63) is 44.6 Å².